The van der Waals surface area contributed by atoms with Crippen LogP contribution in [0.25, 0.3) is 5.69 Å². The van der Waals surface area contributed by atoms with E-state index in [2.05, 4.69) is 4.90 Å². The van der Waals surface area contributed by atoms with Gasteiger partial charge in [-0.1, -0.05) is 6.07 Å². The zero-order chi connectivity index (χ0) is 19.7. The molecule has 0 aliphatic carbocycles. The number of rotatable bonds is 6. The maximum absolute atomic E-state index is 11.7. The Hall–Kier alpha value is -3.54. The lowest BCUT2D eigenvalue weighted by Crippen LogP contribution is -2.54. The van der Waals surface area contributed by atoms with Gasteiger partial charge in [0.05, 0.1) is 30.0 Å². The van der Waals surface area contributed by atoms with Crippen molar-refractivity contribution in [2.75, 3.05) is 18.0 Å². The highest BCUT2D eigenvalue weighted by molar-refractivity contribution is 5.95. The smallest absolute Gasteiger partial charge is 0.337 e. The van der Waals surface area contributed by atoms with Gasteiger partial charge in [0.15, 0.2) is 5.78 Å². The predicted molar refractivity (Wildman–Crippen MR) is 106 cm³/mol. The number of nitrogens with zero attached hydrogens (tertiary/aromatic N) is 2. The van der Waals surface area contributed by atoms with Crippen LogP contribution in [0.3, 0.4) is 0 Å². The Morgan fingerprint density at radius 3 is 2.29 bits per heavy atom. The van der Waals surface area contributed by atoms with E-state index >= 15 is 0 Å². The number of anilines is 1. The van der Waals surface area contributed by atoms with E-state index in [0.717, 1.165) is 11.4 Å². The van der Waals surface area contributed by atoms with Crippen molar-refractivity contribution in [1.82, 2.24) is 4.57 Å². The third-order valence-corrected chi connectivity index (χ3v) is 4.86. The Bertz CT molecular complexity index is 1000. The summed E-state index contributed by atoms with van der Waals surface area (Å²) in [6, 6.07) is 16.2. The zero-order valence-corrected chi connectivity index (χ0v) is 15.4. The number of Topliss-reactive ketones (excluding diaryl/α,β-unsaturated/α-hetero) is 1. The maximum Gasteiger partial charge on any atom is 0.337 e. The lowest BCUT2D eigenvalue weighted by molar-refractivity contribution is 0.0696. The lowest BCUT2D eigenvalue weighted by Gasteiger charge is -2.41. The molecule has 1 saturated heterocycles. The van der Waals surface area contributed by atoms with Crippen molar-refractivity contribution in [3.05, 3.63) is 78.1 Å². The number of carboxylic acid groups (broad SMARTS) is 1. The van der Waals surface area contributed by atoms with Gasteiger partial charge in [0, 0.05) is 18.0 Å². The fourth-order valence-electron chi connectivity index (χ4n) is 3.38. The van der Waals surface area contributed by atoms with Gasteiger partial charge in [-0.2, -0.15) is 0 Å². The van der Waals surface area contributed by atoms with Gasteiger partial charge in [0.2, 0.25) is 0 Å². The van der Waals surface area contributed by atoms with E-state index in [1.165, 1.54) is 6.92 Å². The average molecular weight is 376 g/mol. The van der Waals surface area contributed by atoms with Crippen LogP contribution in [-0.4, -0.2) is 40.6 Å². The minimum Gasteiger partial charge on any atom is -0.487 e. The van der Waals surface area contributed by atoms with Crippen molar-refractivity contribution in [1.29, 1.82) is 0 Å². The van der Waals surface area contributed by atoms with Gasteiger partial charge in [-0.25, -0.2) is 4.79 Å². The van der Waals surface area contributed by atoms with E-state index in [1.54, 1.807) is 36.4 Å². The number of hydrogen-bond donors (Lipinski definition) is 1. The molecule has 0 spiro atoms. The second-order valence-electron chi connectivity index (χ2n) is 6.79. The molecule has 6 heteroatoms. The number of aromatic carboxylic acids is 1. The Morgan fingerprint density at radius 1 is 1.00 bits per heavy atom. The molecule has 28 heavy (non-hydrogen) atoms. The van der Waals surface area contributed by atoms with E-state index in [1.807, 2.05) is 35.2 Å². The van der Waals surface area contributed by atoms with Crippen LogP contribution in [0.2, 0.25) is 0 Å². The monoisotopic (exact) mass is 376 g/mol. The molecule has 2 heterocycles. The second kappa shape index (κ2) is 7.23. The van der Waals surface area contributed by atoms with Crippen molar-refractivity contribution in [2.45, 2.75) is 13.0 Å². The summed E-state index contributed by atoms with van der Waals surface area (Å²) in [6.45, 7) is 2.85. The number of carbonyl (C=O) groups is 2. The van der Waals surface area contributed by atoms with Crippen LogP contribution >= 0.6 is 0 Å². The van der Waals surface area contributed by atoms with Crippen molar-refractivity contribution in [3.63, 3.8) is 0 Å². The quantitative estimate of drug-likeness (QED) is 0.665. The molecule has 1 aromatic heterocycles. The summed E-state index contributed by atoms with van der Waals surface area (Å²) in [4.78, 5) is 25.2. The fraction of sp³-hybridized carbons (Fsp3) is 0.182. The van der Waals surface area contributed by atoms with Crippen LogP contribution in [0, 0.1) is 0 Å². The van der Waals surface area contributed by atoms with Crippen molar-refractivity contribution < 1.29 is 19.4 Å². The van der Waals surface area contributed by atoms with Gasteiger partial charge in [-0.15, -0.1) is 0 Å². The Morgan fingerprint density at radius 2 is 1.68 bits per heavy atom. The number of carboxylic acids is 1. The van der Waals surface area contributed by atoms with E-state index in [0.29, 0.717) is 24.3 Å². The van der Waals surface area contributed by atoms with Crippen molar-refractivity contribution in [3.8, 4) is 11.4 Å². The largest absolute Gasteiger partial charge is 0.487 e. The molecular weight excluding hydrogens is 356 g/mol. The number of ether oxygens (including phenoxy) is 1. The highest BCUT2D eigenvalue weighted by Gasteiger charge is 2.31. The van der Waals surface area contributed by atoms with Crippen LogP contribution in [0.1, 0.15) is 27.6 Å². The number of ketones is 1. The van der Waals surface area contributed by atoms with E-state index in [9.17, 15) is 14.7 Å². The van der Waals surface area contributed by atoms with E-state index in [4.69, 9.17) is 4.74 Å². The molecule has 3 aromatic rings. The zero-order valence-electron chi connectivity index (χ0n) is 15.4. The first-order chi connectivity index (χ1) is 13.5. The van der Waals surface area contributed by atoms with Crippen molar-refractivity contribution in [2.24, 2.45) is 0 Å². The topological polar surface area (TPSA) is 71.8 Å². The summed E-state index contributed by atoms with van der Waals surface area (Å²) in [6.07, 6.45) is 3.69. The molecule has 1 aliphatic heterocycles. The molecule has 6 nitrogen and oxygen atoms in total. The molecule has 1 aliphatic rings. The second-order valence-corrected chi connectivity index (χ2v) is 6.79. The predicted octanol–water partition coefficient (Wildman–Crippen LogP) is 3.65. The van der Waals surface area contributed by atoms with Gasteiger partial charge in [0.25, 0.3) is 0 Å². The molecule has 1 N–H and O–H groups in total. The van der Waals surface area contributed by atoms with Gasteiger partial charge in [-0.3, -0.25) is 4.79 Å². The van der Waals surface area contributed by atoms with Crippen LogP contribution in [-0.2, 0) is 0 Å². The first-order valence-electron chi connectivity index (χ1n) is 9.05. The number of aromatic nitrogens is 1. The summed E-state index contributed by atoms with van der Waals surface area (Å²) >= 11 is 0. The normalized spacial score (nSPS) is 13.8. The SMILES string of the molecule is CC(=O)c1ccc(OC2CN(c3cccc(C(=O)O)c3-n3cccc3)C2)cc1. The van der Waals surface area contributed by atoms with Gasteiger partial charge < -0.3 is 19.3 Å². The van der Waals surface area contributed by atoms with E-state index < -0.39 is 5.97 Å². The fourth-order valence-corrected chi connectivity index (χ4v) is 3.38. The Balaban J connectivity index is 1.51. The number of benzene rings is 2. The lowest BCUT2D eigenvalue weighted by atomic mass is 10.1. The molecule has 0 saturated carbocycles. The number of carbonyl (C=O) groups excluding carboxylic acids is 1. The highest BCUT2D eigenvalue weighted by Crippen LogP contribution is 2.32. The summed E-state index contributed by atoms with van der Waals surface area (Å²) in [7, 11) is 0. The molecule has 4 rings (SSSR count). The molecule has 1 fully saturated rings. The van der Waals surface area contributed by atoms with Crippen LogP contribution in [0.4, 0.5) is 5.69 Å². The standard InChI is InChI=1S/C22H20N2O4/c1-15(25)16-7-9-17(10-8-16)28-18-13-24(14-18)20-6-4-5-19(22(26)27)21(20)23-11-2-3-12-23/h2-12,18H,13-14H2,1H3,(H,26,27). The van der Waals surface area contributed by atoms with E-state index in [-0.39, 0.29) is 17.5 Å². The van der Waals surface area contributed by atoms with Gasteiger partial charge in [0.1, 0.15) is 11.9 Å². The number of hydrogen-bond acceptors (Lipinski definition) is 4. The highest BCUT2D eigenvalue weighted by atomic mass is 16.5. The van der Waals surface area contributed by atoms with Gasteiger partial charge >= 0.3 is 5.97 Å². The van der Waals surface area contributed by atoms with Crippen LogP contribution in [0.5, 0.6) is 5.75 Å². The summed E-state index contributed by atoms with van der Waals surface area (Å²) < 4.78 is 7.80. The molecule has 0 radical (unpaired) electrons. The minimum absolute atomic E-state index is 0.00849. The molecule has 2 aromatic carbocycles. The molecule has 0 unspecified atom stereocenters. The van der Waals surface area contributed by atoms with Crippen LogP contribution < -0.4 is 9.64 Å². The van der Waals surface area contributed by atoms with Crippen molar-refractivity contribution >= 4 is 17.4 Å². The summed E-state index contributed by atoms with van der Waals surface area (Å²) in [5.74, 6) is -0.207. The number of para-hydroxylation sites is 1. The molecule has 0 atom stereocenters. The minimum atomic E-state index is -0.954. The van der Waals surface area contributed by atoms with Gasteiger partial charge in [-0.05, 0) is 55.5 Å². The third-order valence-electron chi connectivity index (χ3n) is 4.86. The third kappa shape index (κ3) is 3.36. The Labute approximate surface area is 162 Å². The molecular formula is C22H20N2O4. The molecule has 0 bridgehead atoms. The van der Waals surface area contributed by atoms with Crippen LogP contribution in [0.15, 0.2) is 67.0 Å². The Kier molecular flexibility index (Phi) is 4.61. The first kappa shape index (κ1) is 17.9. The maximum atomic E-state index is 11.7. The average Bonchev–Trinajstić information content (AvgIpc) is 3.18. The summed E-state index contributed by atoms with van der Waals surface area (Å²) in [5.41, 5.74) is 2.44. The first-order valence-corrected chi connectivity index (χ1v) is 9.05. The molecule has 142 valence electrons. The molecule has 0 amide bonds. The summed E-state index contributed by atoms with van der Waals surface area (Å²) in [5, 5.41) is 9.59.